The molecule has 0 radical (unpaired) electrons. The summed E-state index contributed by atoms with van der Waals surface area (Å²) in [4.78, 5) is 0. The first-order valence-electron chi connectivity index (χ1n) is 6.63. The molecule has 0 fully saturated rings. The molecular formula is C16H19O2P. The lowest BCUT2D eigenvalue weighted by atomic mass is 10.4. The first-order chi connectivity index (χ1) is 9.27. The van der Waals surface area contributed by atoms with E-state index in [0.717, 1.165) is 23.5 Å². The van der Waals surface area contributed by atoms with Gasteiger partial charge in [-0.2, -0.15) is 0 Å². The smallest absolute Gasteiger partial charge is 0.261 e. The van der Waals surface area contributed by atoms with E-state index >= 15 is 0 Å². The summed E-state index contributed by atoms with van der Waals surface area (Å²) in [5.41, 5.74) is 0. The monoisotopic (exact) mass is 274 g/mol. The summed E-state index contributed by atoms with van der Waals surface area (Å²) in [6, 6.07) is 18.9. The highest BCUT2D eigenvalue weighted by Gasteiger charge is 2.27. The molecule has 0 saturated carbocycles. The minimum absolute atomic E-state index is 0.525. The molecule has 19 heavy (non-hydrogen) atoms. The molecule has 0 amide bonds. The molecule has 0 aliphatic carbocycles. The van der Waals surface area contributed by atoms with Gasteiger partial charge in [-0.1, -0.05) is 49.7 Å². The van der Waals surface area contributed by atoms with Crippen molar-refractivity contribution in [3.8, 4) is 0 Å². The van der Waals surface area contributed by atoms with Gasteiger partial charge in [-0.3, -0.25) is 4.57 Å². The van der Waals surface area contributed by atoms with Crippen molar-refractivity contribution in [1.82, 2.24) is 0 Å². The molecule has 0 aliphatic heterocycles. The Kier molecular flexibility index (Phi) is 4.95. The average molecular weight is 274 g/mol. The highest BCUT2D eigenvalue weighted by Crippen LogP contribution is 2.44. The number of benzene rings is 2. The van der Waals surface area contributed by atoms with Gasteiger partial charge in [0.15, 0.2) is 0 Å². The van der Waals surface area contributed by atoms with Crippen LogP contribution in [0.1, 0.15) is 19.8 Å². The molecule has 0 aromatic heterocycles. The Hall–Kier alpha value is -1.37. The van der Waals surface area contributed by atoms with E-state index < -0.39 is 7.37 Å². The molecule has 0 bridgehead atoms. The Morgan fingerprint density at radius 1 is 0.895 bits per heavy atom. The first-order valence-corrected chi connectivity index (χ1v) is 8.25. The fraction of sp³-hybridized carbons (Fsp3) is 0.250. The normalized spacial score (nSPS) is 11.4. The number of hydrogen-bond donors (Lipinski definition) is 0. The summed E-state index contributed by atoms with van der Waals surface area (Å²) in [7, 11) is -2.95. The van der Waals surface area contributed by atoms with Crippen LogP contribution in [0.5, 0.6) is 0 Å². The van der Waals surface area contributed by atoms with Crippen LogP contribution in [0, 0.1) is 0 Å². The predicted octanol–water partition coefficient (Wildman–Crippen LogP) is 3.73. The molecule has 2 nitrogen and oxygen atoms in total. The molecule has 0 atom stereocenters. The van der Waals surface area contributed by atoms with E-state index in [-0.39, 0.29) is 0 Å². The molecule has 100 valence electrons. The van der Waals surface area contributed by atoms with E-state index in [9.17, 15) is 4.57 Å². The maximum absolute atomic E-state index is 13.3. The number of unbranched alkanes of at least 4 members (excludes halogenated alkanes) is 1. The lowest BCUT2D eigenvalue weighted by Crippen LogP contribution is -2.18. The second-order valence-electron chi connectivity index (χ2n) is 4.41. The summed E-state index contributed by atoms with van der Waals surface area (Å²) in [5.74, 6) is 0. The van der Waals surface area contributed by atoms with Crippen LogP contribution in [0.4, 0.5) is 0 Å². The standard InChI is InChI=1S/C16H19O2P/c1-2-3-14-18-19(17,15-10-6-4-7-11-15)16-12-8-5-9-13-16/h4-13H,2-3,14H2,1H3. The topological polar surface area (TPSA) is 26.3 Å². The Morgan fingerprint density at radius 3 is 1.79 bits per heavy atom. The van der Waals surface area contributed by atoms with E-state index in [4.69, 9.17) is 4.52 Å². The zero-order valence-electron chi connectivity index (χ0n) is 11.2. The lowest BCUT2D eigenvalue weighted by Gasteiger charge is -2.19. The minimum Gasteiger partial charge on any atom is -0.322 e. The molecule has 0 heterocycles. The second-order valence-corrected chi connectivity index (χ2v) is 6.80. The molecule has 0 N–H and O–H groups in total. The van der Waals surface area contributed by atoms with Crippen molar-refractivity contribution in [1.29, 1.82) is 0 Å². The van der Waals surface area contributed by atoms with Crippen molar-refractivity contribution in [2.24, 2.45) is 0 Å². The fourth-order valence-corrected chi connectivity index (χ4v) is 4.00. The zero-order valence-corrected chi connectivity index (χ0v) is 12.1. The molecule has 3 heteroatoms. The molecule has 0 spiro atoms. The van der Waals surface area contributed by atoms with Crippen molar-refractivity contribution in [3.63, 3.8) is 0 Å². The Morgan fingerprint density at radius 2 is 1.37 bits per heavy atom. The fourth-order valence-electron chi connectivity index (χ4n) is 1.88. The molecule has 2 rings (SSSR count). The predicted molar refractivity (Wildman–Crippen MR) is 80.6 cm³/mol. The largest absolute Gasteiger partial charge is 0.322 e. The first kappa shape index (κ1) is 14.0. The van der Waals surface area contributed by atoms with Crippen molar-refractivity contribution in [3.05, 3.63) is 60.7 Å². The average Bonchev–Trinajstić information content (AvgIpc) is 2.49. The van der Waals surface area contributed by atoms with Crippen LogP contribution in [0.2, 0.25) is 0 Å². The van der Waals surface area contributed by atoms with Crippen LogP contribution in [-0.2, 0) is 9.09 Å². The summed E-state index contributed by atoms with van der Waals surface area (Å²) < 4.78 is 19.1. The molecule has 2 aromatic carbocycles. The van der Waals surface area contributed by atoms with Crippen molar-refractivity contribution in [2.45, 2.75) is 19.8 Å². The van der Waals surface area contributed by atoms with Gasteiger partial charge in [0, 0.05) is 10.6 Å². The van der Waals surface area contributed by atoms with Crippen LogP contribution < -0.4 is 10.6 Å². The van der Waals surface area contributed by atoms with Crippen LogP contribution in [0.15, 0.2) is 60.7 Å². The van der Waals surface area contributed by atoms with Gasteiger partial charge in [0.1, 0.15) is 0 Å². The van der Waals surface area contributed by atoms with E-state index in [0.29, 0.717) is 6.61 Å². The Bertz CT molecular complexity index is 494. The maximum atomic E-state index is 13.3. The van der Waals surface area contributed by atoms with Gasteiger partial charge in [0.2, 0.25) is 0 Å². The second kappa shape index (κ2) is 6.70. The van der Waals surface area contributed by atoms with Crippen molar-refractivity contribution >= 4 is 18.0 Å². The molecular weight excluding hydrogens is 255 g/mol. The van der Waals surface area contributed by atoms with Crippen LogP contribution >= 0.6 is 7.37 Å². The Balaban J connectivity index is 2.36. The zero-order chi connectivity index (χ0) is 13.6. The highest BCUT2D eigenvalue weighted by molar-refractivity contribution is 7.74. The van der Waals surface area contributed by atoms with Gasteiger partial charge in [-0.15, -0.1) is 0 Å². The molecule has 0 saturated heterocycles. The quantitative estimate of drug-likeness (QED) is 0.592. The number of rotatable bonds is 6. The minimum atomic E-state index is -2.95. The third kappa shape index (κ3) is 3.34. The van der Waals surface area contributed by atoms with Crippen LogP contribution in [-0.4, -0.2) is 6.61 Å². The third-order valence-electron chi connectivity index (χ3n) is 2.96. The van der Waals surface area contributed by atoms with E-state index in [1.165, 1.54) is 0 Å². The number of hydrogen-bond acceptors (Lipinski definition) is 2. The van der Waals surface area contributed by atoms with E-state index in [1.54, 1.807) is 0 Å². The third-order valence-corrected chi connectivity index (χ3v) is 5.47. The summed E-state index contributed by atoms with van der Waals surface area (Å²) >= 11 is 0. The van der Waals surface area contributed by atoms with E-state index in [2.05, 4.69) is 6.92 Å². The SMILES string of the molecule is CCCCOP(=O)(c1ccccc1)c1ccccc1. The van der Waals surface area contributed by atoms with Crippen LogP contribution in [0.25, 0.3) is 0 Å². The summed E-state index contributed by atoms with van der Waals surface area (Å²) in [6.07, 6.45) is 1.95. The summed E-state index contributed by atoms with van der Waals surface area (Å²) in [6.45, 7) is 2.62. The lowest BCUT2D eigenvalue weighted by molar-refractivity contribution is 0.318. The van der Waals surface area contributed by atoms with Gasteiger partial charge in [-0.05, 0) is 30.7 Å². The van der Waals surface area contributed by atoms with Gasteiger partial charge in [0.25, 0.3) is 7.37 Å². The van der Waals surface area contributed by atoms with Gasteiger partial charge in [0.05, 0.1) is 6.61 Å². The summed E-state index contributed by atoms with van der Waals surface area (Å²) in [5, 5.41) is 1.52. The molecule has 2 aromatic rings. The van der Waals surface area contributed by atoms with Gasteiger partial charge in [-0.25, -0.2) is 0 Å². The maximum Gasteiger partial charge on any atom is 0.261 e. The van der Waals surface area contributed by atoms with Crippen LogP contribution in [0.3, 0.4) is 0 Å². The molecule has 0 unspecified atom stereocenters. The molecule has 0 aliphatic rings. The van der Waals surface area contributed by atoms with Gasteiger partial charge >= 0.3 is 0 Å². The Labute approximate surface area is 114 Å². The highest BCUT2D eigenvalue weighted by atomic mass is 31.2. The van der Waals surface area contributed by atoms with E-state index in [1.807, 2.05) is 60.7 Å². The van der Waals surface area contributed by atoms with Gasteiger partial charge < -0.3 is 4.52 Å². The van der Waals surface area contributed by atoms with Crippen molar-refractivity contribution < 1.29 is 9.09 Å². The van der Waals surface area contributed by atoms with Crippen molar-refractivity contribution in [2.75, 3.05) is 6.61 Å².